The molecule has 0 radical (unpaired) electrons. The number of rotatable bonds is 8. The maximum atomic E-state index is 13.9. The lowest BCUT2D eigenvalue weighted by Crippen LogP contribution is -2.36. The quantitative estimate of drug-likeness (QED) is 0.144. The Labute approximate surface area is 252 Å². The van der Waals surface area contributed by atoms with Gasteiger partial charge < -0.3 is 24.3 Å². The summed E-state index contributed by atoms with van der Waals surface area (Å²) in [6, 6.07) is 19.2. The van der Waals surface area contributed by atoms with Crippen molar-refractivity contribution in [2.45, 2.75) is 31.6 Å². The zero-order valence-electron chi connectivity index (χ0n) is 23.1. The first kappa shape index (κ1) is 28.3. The molecule has 2 heterocycles. The third kappa shape index (κ3) is 5.65. The van der Waals surface area contributed by atoms with Gasteiger partial charge in [-0.3, -0.25) is 14.9 Å². The van der Waals surface area contributed by atoms with E-state index in [0.717, 1.165) is 5.56 Å². The van der Waals surface area contributed by atoms with Crippen molar-refractivity contribution >= 4 is 29.0 Å². The molecule has 3 aliphatic rings. The summed E-state index contributed by atoms with van der Waals surface area (Å²) in [6.45, 7) is 1.63. The molecule has 10 nitrogen and oxygen atoms in total. The van der Waals surface area contributed by atoms with E-state index in [-0.39, 0.29) is 60.7 Å². The Morgan fingerprint density at radius 2 is 1.77 bits per heavy atom. The van der Waals surface area contributed by atoms with Crippen LogP contribution in [0, 0.1) is 10.1 Å². The third-order valence-electron chi connectivity index (χ3n) is 7.75. The van der Waals surface area contributed by atoms with Gasteiger partial charge in [0.1, 0.15) is 19.0 Å². The van der Waals surface area contributed by atoms with Gasteiger partial charge in [-0.2, -0.15) is 0 Å². The number of nitro groups is 1. The minimum absolute atomic E-state index is 0.0705. The molecular formula is C32H27ClN2O8. The Hall–Kier alpha value is -4.83. The van der Waals surface area contributed by atoms with Crippen molar-refractivity contribution in [2.24, 2.45) is 0 Å². The Morgan fingerprint density at radius 3 is 2.49 bits per heavy atom. The molecule has 1 N–H and O–H groups in total. The van der Waals surface area contributed by atoms with Gasteiger partial charge in [-0.1, -0.05) is 41.9 Å². The van der Waals surface area contributed by atoms with Crippen molar-refractivity contribution in [1.82, 2.24) is 5.32 Å². The summed E-state index contributed by atoms with van der Waals surface area (Å²) in [7, 11) is 0. The first-order chi connectivity index (χ1) is 20.8. The maximum Gasteiger partial charge on any atom is 0.336 e. The number of benzene rings is 3. The number of Topliss-reactive ketones (excluding diaryl/α,β-unsaturated/α-hetero) is 1. The topological polar surface area (TPSA) is 126 Å². The smallest absolute Gasteiger partial charge is 0.336 e. The number of nitrogens with one attached hydrogen (secondary N) is 1. The van der Waals surface area contributed by atoms with Crippen LogP contribution in [0.3, 0.4) is 0 Å². The second-order valence-electron chi connectivity index (χ2n) is 10.4. The number of dihydropyridines is 1. The molecule has 0 amide bonds. The summed E-state index contributed by atoms with van der Waals surface area (Å²) in [5, 5.41) is 16.2. The van der Waals surface area contributed by atoms with E-state index in [2.05, 4.69) is 5.32 Å². The van der Waals surface area contributed by atoms with E-state index in [0.29, 0.717) is 39.9 Å². The number of nitrogens with zero attached hydrogens (tertiary/aromatic N) is 1. The molecule has 0 fully saturated rings. The number of esters is 1. The van der Waals surface area contributed by atoms with Gasteiger partial charge in [-0.25, -0.2) is 4.79 Å². The lowest BCUT2D eigenvalue weighted by atomic mass is 9.71. The number of hydrogen-bond acceptors (Lipinski definition) is 9. The molecule has 0 saturated heterocycles. The standard InChI is InChI=1S/C32H27ClN2O8/c1-18-29(32(37)41-12-11-40-22-5-3-2-4-6-22)30(23-15-27-28(43-17-42-27)16-25(23)35(38)39)31-24(34-18)13-20(14-26(31)36)19-7-9-21(33)10-8-19/h2-10,15-16,20,30,34H,11-14,17H2,1H3/t20-,30+/m0/s1. The van der Waals surface area contributed by atoms with E-state index in [9.17, 15) is 19.7 Å². The van der Waals surface area contributed by atoms with E-state index in [1.165, 1.54) is 12.1 Å². The molecule has 11 heteroatoms. The van der Waals surface area contributed by atoms with Crippen LogP contribution in [0.1, 0.15) is 42.7 Å². The van der Waals surface area contributed by atoms with Gasteiger partial charge in [-0.05, 0) is 55.2 Å². The van der Waals surface area contributed by atoms with Crippen molar-refractivity contribution in [2.75, 3.05) is 20.0 Å². The predicted octanol–water partition coefficient (Wildman–Crippen LogP) is 5.96. The SMILES string of the molecule is CC1=C(C(=O)OCCOc2ccccc2)[C@@H](c2cc3c(cc2[N+](=O)[O-])OCO3)C2=C(C[C@H](c3ccc(Cl)cc3)CC2=O)N1. The molecule has 3 aromatic rings. The van der Waals surface area contributed by atoms with Crippen LogP contribution in [0.15, 0.2) is 89.3 Å². The van der Waals surface area contributed by atoms with Crippen LogP contribution in [0.5, 0.6) is 17.2 Å². The van der Waals surface area contributed by atoms with Crippen molar-refractivity contribution < 1.29 is 33.5 Å². The number of ether oxygens (including phenoxy) is 4. The highest BCUT2D eigenvalue weighted by Crippen LogP contribution is 2.50. The first-order valence-electron chi connectivity index (χ1n) is 13.7. The Kier molecular flexibility index (Phi) is 7.77. The molecule has 2 atom stereocenters. The van der Waals surface area contributed by atoms with Gasteiger partial charge in [-0.15, -0.1) is 0 Å². The molecule has 6 rings (SSSR count). The highest BCUT2D eigenvalue weighted by molar-refractivity contribution is 6.30. The molecular weight excluding hydrogens is 576 g/mol. The Bertz CT molecular complexity index is 1670. The second-order valence-corrected chi connectivity index (χ2v) is 10.8. The molecule has 43 heavy (non-hydrogen) atoms. The number of nitro benzene ring substituents is 1. The third-order valence-corrected chi connectivity index (χ3v) is 8.00. The van der Waals surface area contributed by atoms with Gasteiger partial charge in [0.2, 0.25) is 6.79 Å². The second kappa shape index (κ2) is 11.8. The summed E-state index contributed by atoms with van der Waals surface area (Å²) < 4.78 is 22.2. The number of ketones is 1. The average Bonchev–Trinajstić information content (AvgIpc) is 3.46. The molecule has 0 bridgehead atoms. The summed E-state index contributed by atoms with van der Waals surface area (Å²) in [4.78, 5) is 39.4. The van der Waals surface area contributed by atoms with Crippen LogP contribution >= 0.6 is 11.6 Å². The molecule has 1 aliphatic carbocycles. The number of para-hydroxylation sites is 1. The molecule has 220 valence electrons. The van der Waals surface area contributed by atoms with Crippen molar-refractivity contribution in [3.05, 3.63) is 116 Å². The van der Waals surface area contributed by atoms with Crippen molar-refractivity contribution in [1.29, 1.82) is 0 Å². The molecule has 2 aliphatic heterocycles. The van der Waals surface area contributed by atoms with Crippen LogP contribution in [0.2, 0.25) is 5.02 Å². The number of allylic oxidation sites excluding steroid dienone is 3. The van der Waals surface area contributed by atoms with Gasteiger partial charge in [0.05, 0.1) is 22.5 Å². The summed E-state index contributed by atoms with van der Waals surface area (Å²) in [5.41, 5.74) is 2.25. The normalized spacial score (nSPS) is 19.1. The molecule has 0 unspecified atom stereocenters. The van der Waals surface area contributed by atoms with Crippen LogP contribution in [0.25, 0.3) is 0 Å². The first-order valence-corrected chi connectivity index (χ1v) is 14.1. The molecule has 0 saturated carbocycles. The Balaban J connectivity index is 1.37. The fourth-order valence-electron chi connectivity index (χ4n) is 5.82. The molecule has 0 aromatic heterocycles. The predicted molar refractivity (Wildman–Crippen MR) is 156 cm³/mol. The van der Waals surface area contributed by atoms with E-state index in [1.807, 2.05) is 30.3 Å². The van der Waals surface area contributed by atoms with Gasteiger partial charge >= 0.3 is 5.97 Å². The number of fused-ring (bicyclic) bond motifs is 1. The fourth-order valence-corrected chi connectivity index (χ4v) is 5.94. The van der Waals surface area contributed by atoms with Crippen LogP contribution < -0.4 is 19.5 Å². The van der Waals surface area contributed by atoms with Crippen LogP contribution in [-0.2, 0) is 14.3 Å². The van der Waals surface area contributed by atoms with Crippen LogP contribution in [-0.4, -0.2) is 36.7 Å². The summed E-state index contributed by atoms with van der Waals surface area (Å²) in [6.07, 6.45) is 0.616. The number of carbonyl (C=O) groups excluding carboxylic acids is 2. The zero-order chi connectivity index (χ0) is 30.1. The van der Waals surface area contributed by atoms with E-state index in [4.69, 9.17) is 30.5 Å². The monoisotopic (exact) mass is 602 g/mol. The van der Waals surface area contributed by atoms with E-state index < -0.39 is 16.8 Å². The lowest BCUT2D eigenvalue weighted by Gasteiger charge is -2.36. The number of halogens is 1. The number of hydrogen-bond donors (Lipinski definition) is 1. The summed E-state index contributed by atoms with van der Waals surface area (Å²) in [5.74, 6) is -0.995. The molecule has 0 spiro atoms. The lowest BCUT2D eigenvalue weighted by molar-refractivity contribution is -0.385. The van der Waals surface area contributed by atoms with E-state index in [1.54, 1.807) is 31.2 Å². The highest BCUT2D eigenvalue weighted by atomic mass is 35.5. The minimum Gasteiger partial charge on any atom is -0.490 e. The van der Waals surface area contributed by atoms with Gasteiger partial charge in [0, 0.05) is 34.0 Å². The fraction of sp³-hybridized carbons (Fsp3) is 0.250. The summed E-state index contributed by atoms with van der Waals surface area (Å²) >= 11 is 6.08. The van der Waals surface area contributed by atoms with Gasteiger partial charge in [0.25, 0.3) is 5.69 Å². The molecule has 3 aromatic carbocycles. The minimum atomic E-state index is -1.06. The zero-order valence-corrected chi connectivity index (χ0v) is 23.9. The number of carbonyl (C=O) groups is 2. The average molecular weight is 603 g/mol. The Morgan fingerprint density at radius 1 is 1.05 bits per heavy atom. The van der Waals surface area contributed by atoms with Crippen LogP contribution in [0.4, 0.5) is 5.69 Å². The van der Waals surface area contributed by atoms with Crippen molar-refractivity contribution in [3.8, 4) is 17.2 Å². The van der Waals surface area contributed by atoms with Crippen molar-refractivity contribution in [3.63, 3.8) is 0 Å². The van der Waals surface area contributed by atoms with E-state index >= 15 is 0 Å². The van der Waals surface area contributed by atoms with Gasteiger partial charge in [0.15, 0.2) is 17.3 Å². The largest absolute Gasteiger partial charge is 0.490 e. The highest BCUT2D eigenvalue weighted by Gasteiger charge is 2.44. The maximum absolute atomic E-state index is 13.9.